The maximum atomic E-state index is 11.9. The molecule has 0 spiro atoms. The average molecular weight is 361 g/mol. The third-order valence-electron chi connectivity index (χ3n) is 5.22. The summed E-state index contributed by atoms with van der Waals surface area (Å²) in [7, 11) is 3.53. The van der Waals surface area contributed by atoms with Crippen LogP contribution >= 0.6 is 0 Å². The Labute approximate surface area is 156 Å². The maximum Gasteiger partial charge on any atom is 0.243 e. The molecule has 2 aliphatic rings. The molecule has 1 amide bonds. The van der Waals surface area contributed by atoms with Gasteiger partial charge >= 0.3 is 0 Å². The van der Waals surface area contributed by atoms with E-state index in [4.69, 9.17) is 4.42 Å². The molecule has 26 heavy (non-hydrogen) atoms. The molecule has 1 aromatic heterocycles. The fourth-order valence-electron chi connectivity index (χ4n) is 3.64. The molecule has 1 aromatic rings. The lowest BCUT2D eigenvalue weighted by atomic mass is 10.2. The third-order valence-corrected chi connectivity index (χ3v) is 5.22. The Bertz CT molecular complexity index is 593. The van der Waals surface area contributed by atoms with Gasteiger partial charge in [-0.3, -0.25) is 9.69 Å². The predicted molar refractivity (Wildman–Crippen MR) is 102 cm³/mol. The highest BCUT2D eigenvalue weighted by atomic mass is 16.3. The summed E-state index contributed by atoms with van der Waals surface area (Å²) in [5.74, 6) is 1.82. The zero-order valence-corrected chi connectivity index (χ0v) is 16.0. The Morgan fingerprint density at radius 3 is 2.85 bits per heavy atom. The first-order chi connectivity index (χ1) is 12.6. The number of hydrogen-bond donors (Lipinski definition) is 1. The standard InChI is InChI=1S/C19H31N5O2/c1-22(2)18(25)14-21-19(20-9-7-17-6-5-13-26-17)24-12-8-16(15-24)23-10-3-4-11-23/h5-6,13,16H,3-4,7-12,14-15H2,1-2H3,(H,20,21). The van der Waals surface area contributed by atoms with E-state index in [1.54, 1.807) is 25.3 Å². The topological polar surface area (TPSA) is 64.3 Å². The van der Waals surface area contributed by atoms with Crippen molar-refractivity contribution in [2.24, 2.45) is 4.99 Å². The van der Waals surface area contributed by atoms with Gasteiger partial charge in [0.15, 0.2) is 5.96 Å². The van der Waals surface area contributed by atoms with Crippen molar-refractivity contribution in [3.05, 3.63) is 24.2 Å². The van der Waals surface area contributed by atoms with Crippen molar-refractivity contribution in [2.45, 2.75) is 31.7 Å². The van der Waals surface area contributed by atoms with Crippen LogP contribution < -0.4 is 5.32 Å². The van der Waals surface area contributed by atoms with Crippen molar-refractivity contribution in [1.29, 1.82) is 0 Å². The molecule has 7 nitrogen and oxygen atoms in total. The van der Waals surface area contributed by atoms with Crippen molar-refractivity contribution < 1.29 is 9.21 Å². The molecule has 0 saturated carbocycles. The highest BCUT2D eigenvalue weighted by molar-refractivity contribution is 5.85. The summed E-state index contributed by atoms with van der Waals surface area (Å²) in [6.07, 6.45) is 6.30. The van der Waals surface area contributed by atoms with Crippen LogP contribution in [-0.2, 0) is 11.2 Å². The lowest BCUT2D eigenvalue weighted by molar-refractivity contribution is -0.127. The fraction of sp³-hybridized carbons (Fsp3) is 0.684. The van der Waals surface area contributed by atoms with Crippen LogP contribution in [0.5, 0.6) is 0 Å². The SMILES string of the molecule is CN(C)C(=O)CN=C(NCCc1ccco1)N1CCC(N2CCCC2)C1. The van der Waals surface area contributed by atoms with Crippen molar-refractivity contribution in [3.8, 4) is 0 Å². The molecule has 3 rings (SSSR count). The van der Waals surface area contributed by atoms with Gasteiger partial charge < -0.3 is 19.5 Å². The summed E-state index contributed by atoms with van der Waals surface area (Å²) in [6, 6.07) is 4.49. The van der Waals surface area contributed by atoms with Crippen LogP contribution in [0.1, 0.15) is 25.0 Å². The molecule has 2 saturated heterocycles. The molecule has 1 atom stereocenters. The second-order valence-corrected chi connectivity index (χ2v) is 7.32. The first-order valence-electron chi connectivity index (χ1n) is 9.63. The number of carbonyl (C=O) groups is 1. The number of likely N-dealkylation sites (N-methyl/N-ethyl adjacent to an activating group) is 1. The zero-order valence-electron chi connectivity index (χ0n) is 16.0. The third kappa shape index (κ3) is 5.00. The second-order valence-electron chi connectivity index (χ2n) is 7.32. The number of nitrogens with zero attached hydrogens (tertiary/aromatic N) is 4. The van der Waals surface area contributed by atoms with Gasteiger partial charge in [0.1, 0.15) is 12.3 Å². The van der Waals surface area contributed by atoms with Crippen molar-refractivity contribution in [2.75, 3.05) is 53.4 Å². The number of guanidine groups is 1. The van der Waals surface area contributed by atoms with Crippen LogP contribution in [0.4, 0.5) is 0 Å². The molecule has 3 heterocycles. The number of aliphatic imine (C=N–C) groups is 1. The van der Waals surface area contributed by atoms with Crippen LogP contribution in [0.3, 0.4) is 0 Å². The highest BCUT2D eigenvalue weighted by Crippen LogP contribution is 2.20. The largest absolute Gasteiger partial charge is 0.469 e. The van der Waals surface area contributed by atoms with Crippen molar-refractivity contribution >= 4 is 11.9 Å². The Morgan fingerprint density at radius 1 is 1.35 bits per heavy atom. The summed E-state index contributed by atoms with van der Waals surface area (Å²) in [5, 5.41) is 3.43. The zero-order chi connectivity index (χ0) is 18.4. The molecule has 2 aliphatic heterocycles. The summed E-state index contributed by atoms with van der Waals surface area (Å²) in [4.78, 5) is 23.0. The van der Waals surface area contributed by atoms with E-state index < -0.39 is 0 Å². The van der Waals surface area contributed by atoms with Gasteiger partial charge in [-0.05, 0) is 44.5 Å². The molecule has 2 fully saturated rings. The molecule has 0 aromatic carbocycles. The van der Waals surface area contributed by atoms with E-state index in [1.807, 2.05) is 12.1 Å². The Morgan fingerprint density at radius 2 is 2.15 bits per heavy atom. The second kappa shape index (κ2) is 9.07. The van der Waals surface area contributed by atoms with Gasteiger partial charge in [0.25, 0.3) is 0 Å². The van der Waals surface area contributed by atoms with Crippen molar-refractivity contribution in [3.63, 3.8) is 0 Å². The van der Waals surface area contributed by atoms with E-state index in [0.29, 0.717) is 6.04 Å². The molecule has 7 heteroatoms. The van der Waals surface area contributed by atoms with E-state index in [2.05, 4.69) is 20.1 Å². The highest BCUT2D eigenvalue weighted by Gasteiger charge is 2.30. The minimum Gasteiger partial charge on any atom is -0.469 e. The number of furan rings is 1. The molecule has 1 N–H and O–H groups in total. The Kier molecular flexibility index (Phi) is 6.55. The van der Waals surface area contributed by atoms with Gasteiger partial charge in [-0.15, -0.1) is 0 Å². The molecule has 1 unspecified atom stereocenters. The van der Waals surface area contributed by atoms with Gasteiger partial charge in [0, 0.05) is 46.2 Å². The quantitative estimate of drug-likeness (QED) is 0.606. The number of nitrogens with one attached hydrogen (secondary N) is 1. The van der Waals surface area contributed by atoms with E-state index in [9.17, 15) is 4.79 Å². The molecule has 0 bridgehead atoms. The van der Waals surface area contributed by atoms with Gasteiger partial charge in [0.2, 0.25) is 5.91 Å². The van der Waals surface area contributed by atoms with Crippen LogP contribution in [0, 0.1) is 0 Å². The normalized spacial score (nSPS) is 21.4. The van der Waals surface area contributed by atoms with E-state index >= 15 is 0 Å². The summed E-state index contributed by atoms with van der Waals surface area (Å²) >= 11 is 0. The Hall–Kier alpha value is -2.02. The number of hydrogen-bond acceptors (Lipinski definition) is 4. The molecular weight excluding hydrogens is 330 g/mol. The monoisotopic (exact) mass is 361 g/mol. The maximum absolute atomic E-state index is 11.9. The smallest absolute Gasteiger partial charge is 0.243 e. The van der Waals surface area contributed by atoms with Crippen LogP contribution in [0.2, 0.25) is 0 Å². The van der Waals surface area contributed by atoms with Crippen LogP contribution in [0.25, 0.3) is 0 Å². The number of amides is 1. The minimum absolute atomic E-state index is 0.0191. The van der Waals surface area contributed by atoms with Gasteiger partial charge in [-0.2, -0.15) is 0 Å². The number of carbonyl (C=O) groups excluding carboxylic acids is 1. The molecule has 0 radical (unpaired) electrons. The summed E-state index contributed by atoms with van der Waals surface area (Å²) in [6.45, 7) is 5.34. The predicted octanol–water partition coefficient (Wildman–Crippen LogP) is 1.03. The van der Waals surface area contributed by atoms with E-state index in [1.165, 1.54) is 32.4 Å². The average Bonchev–Trinajstić information content (AvgIpc) is 3.39. The fourth-order valence-corrected chi connectivity index (χ4v) is 3.64. The number of rotatable bonds is 6. The van der Waals surface area contributed by atoms with Gasteiger partial charge in [-0.25, -0.2) is 4.99 Å². The first-order valence-corrected chi connectivity index (χ1v) is 9.63. The summed E-state index contributed by atoms with van der Waals surface area (Å²) in [5.41, 5.74) is 0. The van der Waals surface area contributed by atoms with Crippen LogP contribution in [0.15, 0.2) is 27.8 Å². The molecule has 144 valence electrons. The van der Waals surface area contributed by atoms with E-state index in [0.717, 1.165) is 37.8 Å². The van der Waals surface area contributed by atoms with Gasteiger partial charge in [-0.1, -0.05) is 0 Å². The molecular formula is C19H31N5O2. The van der Waals surface area contributed by atoms with Gasteiger partial charge in [0.05, 0.1) is 6.26 Å². The Balaban J connectivity index is 1.58. The lowest BCUT2D eigenvalue weighted by Gasteiger charge is -2.25. The number of likely N-dealkylation sites (tertiary alicyclic amines) is 2. The van der Waals surface area contributed by atoms with Crippen molar-refractivity contribution in [1.82, 2.24) is 20.0 Å². The minimum atomic E-state index is 0.0191. The first kappa shape index (κ1) is 18.8. The summed E-state index contributed by atoms with van der Waals surface area (Å²) < 4.78 is 5.39. The molecule has 0 aliphatic carbocycles. The van der Waals surface area contributed by atoms with Crippen LogP contribution in [-0.4, -0.2) is 86.0 Å². The lowest BCUT2D eigenvalue weighted by Crippen LogP contribution is -2.44. The van der Waals surface area contributed by atoms with E-state index in [-0.39, 0.29) is 12.5 Å².